The van der Waals surface area contributed by atoms with Gasteiger partial charge >= 0.3 is 0 Å². The van der Waals surface area contributed by atoms with Crippen molar-refractivity contribution in [2.45, 2.75) is 5.16 Å². The molecule has 4 aromatic rings. The molecule has 0 bridgehead atoms. The molecule has 1 aromatic heterocycles. The van der Waals surface area contributed by atoms with E-state index in [-0.39, 0.29) is 17.0 Å². The molecule has 0 aliphatic carbocycles. The summed E-state index contributed by atoms with van der Waals surface area (Å²) in [5.41, 5.74) is 3.61. The van der Waals surface area contributed by atoms with Crippen molar-refractivity contribution in [3.63, 3.8) is 0 Å². The van der Waals surface area contributed by atoms with Crippen LogP contribution in [-0.2, 0) is 4.79 Å². The molecular weight excluding hydrogens is 502 g/mol. The number of nitro groups is 1. The third-order valence-electron chi connectivity index (χ3n) is 4.92. The average Bonchev–Trinajstić information content (AvgIpc) is 2.88. The van der Waals surface area contributed by atoms with Crippen molar-refractivity contribution in [3.05, 3.63) is 110 Å². The number of fused-ring (bicyclic) bond motifs is 1. The number of carbonyl (C=O) groups is 1. The number of hydrazone groups is 1. The Labute approximate surface area is 214 Å². The number of allylic oxidation sites excluding steroid dienone is 1. The van der Waals surface area contributed by atoms with Crippen LogP contribution in [0.5, 0.6) is 0 Å². The molecule has 1 heterocycles. The fraction of sp³-hybridized carbons (Fsp3) is 0.0400. The summed E-state index contributed by atoms with van der Waals surface area (Å²) < 4.78 is 1.44. The van der Waals surface area contributed by atoms with E-state index in [4.69, 9.17) is 11.6 Å². The molecule has 3 aromatic carbocycles. The van der Waals surface area contributed by atoms with Gasteiger partial charge in [0.1, 0.15) is 0 Å². The Morgan fingerprint density at radius 1 is 1.11 bits per heavy atom. The predicted octanol–water partition coefficient (Wildman–Crippen LogP) is 4.85. The number of nitrogens with one attached hydrogen (secondary N) is 1. The molecule has 0 radical (unpaired) electrons. The van der Waals surface area contributed by atoms with E-state index in [0.29, 0.717) is 32.3 Å². The molecule has 0 unspecified atom stereocenters. The molecule has 0 atom stereocenters. The van der Waals surface area contributed by atoms with E-state index >= 15 is 0 Å². The van der Waals surface area contributed by atoms with Crippen molar-refractivity contribution in [1.29, 1.82) is 0 Å². The quantitative estimate of drug-likeness (QED) is 0.117. The highest BCUT2D eigenvalue weighted by atomic mass is 35.5. The Balaban J connectivity index is 1.47. The maximum Gasteiger partial charge on any atom is 0.276 e. The van der Waals surface area contributed by atoms with Crippen LogP contribution in [0.15, 0.2) is 93.9 Å². The molecule has 180 valence electrons. The van der Waals surface area contributed by atoms with E-state index in [2.05, 4.69) is 15.5 Å². The lowest BCUT2D eigenvalue weighted by molar-refractivity contribution is -0.385. The SMILES string of the molecule is O=C(CSc1nc2ccccc2c(=O)n1-c1ccc(Cl)cc1)NN=CC=Cc1ccccc1[N+](=O)[O-]. The molecule has 9 nitrogen and oxygen atoms in total. The minimum Gasteiger partial charge on any atom is -0.272 e. The van der Waals surface area contributed by atoms with Gasteiger partial charge in [-0.1, -0.05) is 47.6 Å². The first-order chi connectivity index (χ1) is 17.4. The zero-order valence-electron chi connectivity index (χ0n) is 18.6. The monoisotopic (exact) mass is 519 g/mol. The molecule has 0 spiro atoms. The van der Waals surface area contributed by atoms with Crippen molar-refractivity contribution < 1.29 is 9.72 Å². The van der Waals surface area contributed by atoms with E-state index in [9.17, 15) is 19.7 Å². The first-order valence-corrected chi connectivity index (χ1v) is 11.9. The minimum absolute atomic E-state index is 0.0304. The third-order valence-corrected chi connectivity index (χ3v) is 6.11. The summed E-state index contributed by atoms with van der Waals surface area (Å²) in [6, 6.07) is 20.0. The zero-order chi connectivity index (χ0) is 25.5. The second-order valence-corrected chi connectivity index (χ2v) is 8.68. The molecule has 11 heteroatoms. The number of nitrogens with zero attached hydrogens (tertiary/aromatic N) is 4. The van der Waals surface area contributed by atoms with Gasteiger partial charge in [-0.05, 0) is 54.6 Å². The highest BCUT2D eigenvalue weighted by Crippen LogP contribution is 2.22. The standard InChI is InChI=1S/C25H18ClN5O4S/c26-18-11-13-19(14-12-18)30-24(33)20-8-2-3-9-21(20)28-25(30)36-16-23(32)29-27-15-5-7-17-6-1-4-10-22(17)31(34)35/h1-15H,16H2,(H,29,32). The van der Waals surface area contributed by atoms with Crippen LogP contribution in [0.3, 0.4) is 0 Å². The number of thioether (sulfide) groups is 1. The van der Waals surface area contributed by atoms with Gasteiger partial charge in [-0.3, -0.25) is 24.3 Å². The van der Waals surface area contributed by atoms with Crippen LogP contribution in [0.25, 0.3) is 22.7 Å². The summed E-state index contributed by atoms with van der Waals surface area (Å²) in [6.07, 6.45) is 4.32. The second-order valence-electron chi connectivity index (χ2n) is 7.31. The summed E-state index contributed by atoms with van der Waals surface area (Å²) in [6.45, 7) is 0. The second kappa shape index (κ2) is 11.4. The summed E-state index contributed by atoms with van der Waals surface area (Å²) >= 11 is 7.08. The molecule has 4 rings (SSSR count). The first-order valence-electron chi connectivity index (χ1n) is 10.6. The van der Waals surface area contributed by atoms with Crippen LogP contribution in [0, 0.1) is 10.1 Å². The minimum atomic E-state index is -0.472. The molecule has 0 saturated heterocycles. The topological polar surface area (TPSA) is 119 Å². The van der Waals surface area contributed by atoms with Crippen molar-refractivity contribution in [2.75, 3.05) is 5.75 Å². The molecule has 0 saturated carbocycles. The highest BCUT2D eigenvalue weighted by Gasteiger charge is 2.15. The molecular formula is C25H18ClN5O4S. The van der Waals surface area contributed by atoms with Crippen LogP contribution in [-0.4, -0.2) is 32.3 Å². The van der Waals surface area contributed by atoms with Gasteiger partial charge in [0.25, 0.3) is 17.2 Å². The van der Waals surface area contributed by atoms with Gasteiger partial charge in [0.2, 0.25) is 0 Å². The first kappa shape index (κ1) is 24.8. The number of para-hydroxylation sites is 2. The smallest absolute Gasteiger partial charge is 0.272 e. The Bertz CT molecular complexity index is 1550. The number of halogens is 1. The highest BCUT2D eigenvalue weighted by molar-refractivity contribution is 7.99. The Morgan fingerprint density at radius 2 is 1.83 bits per heavy atom. The van der Waals surface area contributed by atoms with E-state index in [1.54, 1.807) is 66.7 Å². The Morgan fingerprint density at radius 3 is 2.61 bits per heavy atom. The molecule has 1 N–H and O–H groups in total. The molecule has 36 heavy (non-hydrogen) atoms. The van der Waals surface area contributed by atoms with Gasteiger partial charge in [0.15, 0.2) is 5.16 Å². The molecule has 0 aliphatic heterocycles. The van der Waals surface area contributed by atoms with Gasteiger partial charge in [-0.2, -0.15) is 5.10 Å². The number of aromatic nitrogens is 2. The predicted molar refractivity (Wildman–Crippen MR) is 142 cm³/mol. The fourth-order valence-electron chi connectivity index (χ4n) is 3.28. The van der Waals surface area contributed by atoms with E-state index < -0.39 is 10.8 Å². The lowest BCUT2D eigenvalue weighted by Gasteiger charge is -2.13. The zero-order valence-corrected chi connectivity index (χ0v) is 20.1. The molecule has 1 amide bonds. The maximum atomic E-state index is 13.2. The van der Waals surface area contributed by atoms with Crippen molar-refractivity contribution in [1.82, 2.24) is 15.0 Å². The Kier molecular flexibility index (Phi) is 7.89. The van der Waals surface area contributed by atoms with E-state index in [1.807, 2.05) is 0 Å². The van der Waals surface area contributed by atoms with Crippen LogP contribution >= 0.6 is 23.4 Å². The van der Waals surface area contributed by atoms with Crippen LogP contribution < -0.4 is 11.0 Å². The molecule has 0 aliphatic rings. The van der Waals surface area contributed by atoms with Crippen LogP contribution in [0.2, 0.25) is 5.02 Å². The van der Waals surface area contributed by atoms with Gasteiger partial charge in [0, 0.05) is 17.3 Å². The van der Waals surface area contributed by atoms with Crippen molar-refractivity contribution in [2.24, 2.45) is 5.10 Å². The number of nitro benzene ring substituents is 1. The molecule has 0 fully saturated rings. The van der Waals surface area contributed by atoms with Crippen LogP contribution in [0.1, 0.15) is 5.56 Å². The Hall–Kier alpha value is -4.28. The average molecular weight is 520 g/mol. The lowest BCUT2D eigenvalue weighted by atomic mass is 10.2. The van der Waals surface area contributed by atoms with E-state index in [0.717, 1.165) is 11.8 Å². The van der Waals surface area contributed by atoms with Gasteiger partial charge in [-0.15, -0.1) is 0 Å². The van der Waals surface area contributed by atoms with Crippen LogP contribution in [0.4, 0.5) is 5.69 Å². The summed E-state index contributed by atoms with van der Waals surface area (Å²) in [4.78, 5) is 40.7. The number of carbonyl (C=O) groups excluding carboxylic acids is 1. The number of rotatable bonds is 8. The van der Waals surface area contributed by atoms with Gasteiger partial charge in [0.05, 0.1) is 32.8 Å². The lowest BCUT2D eigenvalue weighted by Crippen LogP contribution is -2.24. The maximum absolute atomic E-state index is 13.2. The summed E-state index contributed by atoms with van der Waals surface area (Å²) in [5, 5.41) is 16.2. The third kappa shape index (κ3) is 5.85. The summed E-state index contributed by atoms with van der Waals surface area (Å²) in [7, 11) is 0. The normalized spacial score (nSPS) is 11.4. The summed E-state index contributed by atoms with van der Waals surface area (Å²) in [5.74, 6) is -0.468. The van der Waals surface area contributed by atoms with Crippen molar-refractivity contribution in [3.8, 4) is 5.69 Å². The number of hydrogen-bond acceptors (Lipinski definition) is 7. The van der Waals surface area contributed by atoms with Gasteiger partial charge in [-0.25, -0.2) is 10.4 Å². The van der Waals surface area contributed by atoms with Crippen molar-refractivity contribution >= 4 is 58.2 Å². The van der Waals surface area contributed by atoms with E-state index in [1.165, 1.54) is 29.0 Å². The number of benzene rings is 3. The fourth-order valence-corrected chi connectivity index (χ4v) is 4.21. The number of hydrogen-bond donors (Lipinski definition) is 1. The number of amides is 1. The van der Waals surface area contributed by atoms with Gasteiger partial charge < -0.3 is 0 Å². The largest absolute Gasteiger partial charge is 0.276 e.